The van der Waals surface area contributed by atoms with Gasteiger partial charge >= 0.3 is 29.6 Å². The zero-order valence-corrected chi connectivity index (χ0v) is 40.1. The van der Waals surface area contributed by atoms with Gasteiger partial charge in [0.2, 0.25) is 0 Å². The number of nitrogens with one attached hydrogen (secondary N) is 2. The predicted molar refractivity (Wildman–Crippen MR) is 264 cm³/mol. The van der Waals surface area contributed by atoms with E-state index >= 15 is 0 Å². The van der Waals surface area contributed by atoms with Crippen LogP contribution in [0, 0.1) is 0 Å². The molecule has 20 heteroatoms. The molecule has 343 valence electrons. The molecular weight excluding hydrogens is 898 g/mol. The summed E-state index contributed by atoms with van der Waals surface area (Å²) in [7, 11) is 0. The van der Waals surface area contributed by atoms with Crippen molar-refractivity contribution in [2.75, 3.05) is 11.5 Å². The number of nitrogen functional groups attached to an aromatic ring is 2. The second kappa shape index (κ2) is 21.0. The number of aliphatic hydroxyl groups is 1. The molecule has 4 aromatic carbocycles. The molecule has 6 heterocycles. The fourth-order valence-electron chi connectivity index (χ4n) is 8.35. The number of carbonyl (C=O) groups is 3. The molecule has 0 saturated carbocycles. The fourth-order valence-corrected chi connectivity index (χ4v) is 8.35. The van der Waals surface area contributed by atoms with Crippen molar-refractivity contribution in [3.8, 4) is 11.4 Å². The minimum atomic E-state index is -0.595. The second-order valence-electron chi connectivity index (χ2n) is 15.7. The molecule has 70 heavy (non-hydrogen) atoms. The summed E-state index contributed by atoms with van der Waals surface area (Å²) in [5.74, 6) is -0.796. The predicted octanol–water partition coefficient (Wildman–Crippen LogP) is 2.25. The summed E-state index contributed by atoms with van der Waals surface area (Å²) in [6.07, 6.45) is 7.10. The number of benzene rings is 4. The van der Waals surface area contributed by atoms with Crippen molar-refractivity contribution < 1.29 is 50.5 Å². The molecule has 0 aliphatic rings. The van der Waals surface area contributed by atoms with Crippen LogP contribution in [-0.4, -0.2) is 70.0 Å². The van der Waals surface area contributed by atoms with Gasteiger partial charge in [-0.25, -0.2) is 19.0 Å². The van der Waals surface area contributed by atoms with E-state index in [1.165, 1.54) is 13.6 Å². The molecule has 3 radical (unpaired) electrons. The minimum Gasteiger partial charge on any atom is -1.00 e. The number of amides is 2. The summed E-state index contributed by atoms with van der Waals surface area (Å²) >= 11 is 0. The van der Waals surface area contributed by atoms with Gasteiger partial charge in [0, 0.05) is 61.5 Å². The van der Waals surface area contributed by atoms with Crippen LogP contribution in [0.1, 0.15) is 75.4 Å². The Labute approximate surface area is 424 Å². The maximum absolute atomic E-state index is 13.7. The second-order valence-corrected chi connectivity index (χ2v) is 15.7. The molecule has 0 aliphatic carbocycles. The first-order valence-electron chi connectivity index (χ1n) is 21.3. The van der Waals surface area contributed by atoms with E-state index in [0.29, 0.717) is 73.0 Å². The summed E-state index contributed by atoms with van der Waals surface area (Å²) < 4.78 is 5.95. The third kappa shape index (κ3) is 9.21. The molecule has 0 fully saturated rings. The van der Waals surface area contributed by atoms with Gasteiger partial charge in [-0.1, -0.05) is 72.8 Å². The number of rotatable bonds is 10. The van der Waals surface area contributed by atoms with E-state index < -0.39 is 23.9 Å². The number of nitrogens with zero attached hydrogens (tertiary/aromatic N) is 8. The molecule has 6 aromatic heterocycles. The van der Waals surface area contributed by atoms with Crippen LogP contribution >= 0.6 is 0 Å². The first-order chi connectivity index (χ1) is 33.0. The molecule has 0 saturated heterocycles. The summed E-state index contributed by atoms with van der Waals surface area (Å²) in [6.45, 7) is 3.31. The van der Waals surface area contributed by atoms with Gasteiger partial charge in [-0.3, -0.25) is 33.1 Å². The van der Waals surface area contributed by atoms with Crippen LogP contribution in [0.5, 0.6) is 0 Å². The summed E-state index contributed by atoms with van der Waals surface area (Å²) in [4.78, 5) is 73.8. The molecule has 18 nitrogen and oxygen atoms in total. The van der Waals surface area contributed by atoms with E-state index in [0.717, 1.165) is 0 Å². The Bertz CT molecular complexity index is 3720. The van der Waals surface area contributed by atoms with Crippen molar-refractivity contribution in [1.82, 2.24) is 49.0 Å². The Morgan fingerprint density at radius 3 is 1.56 bits per heavy atom. The van der Waals surface area contributed by atoms with Crippen LogP contribution in [0.25, 0.3) is 44.2 Å². The average Bonchev–Trinajstić information content (AvgIpc) is 3.88. The Hall–Kier alpha value is -8.23. The molecule has 0 spiro atoms. The number of nitrogens with two attached hydrogens (primary N) is 2. The van der Waals surface area contributed by atoms with E-state index in [4.69, 9.17) is 11.5 Å². The number of pyridine rings is 2. The summed E-state index contributed by atoms with van der Waals surface area (Å²) in [5, 5.41) is 26.0. The SMILES string of the molecule is C[C@H](NC(=O)c1c(N)nn2cccnc12)c1cc2cccc(C=O)c2c(=O)n1-c1ccccc1.C[C@H](NC(=O)c1c(N)nn2cccnc12)c1cc2cccc(CO)c2c(=O)n1-c1ccccc1.[B].[H-].[Na+]. The van der Waals surface area contributed by atoms with Crippen molar-refractivity contribution in [2.45, 2.75) is 32.5 Å². The zero-order valence-electron chi connectivity index (χ0n) is 39.1. The van der Waals surface area contributed by atoms with Crippen molar-refractivity contribution >= 4 is 71.0 Å². The van der Waals surface area contributed by atoms with E-state index in [1.807, 2.05) is 60.7 Å². The van der Waals surface area contributed by atoms with E-state index in [1.54, 1.807) is 104 Å². The topological polar surface area (TPSA) is 252 Å². The van der Waals surface area contributed by atoms with E-state index in [-0.39, 0.29) is 79.9 Å². The van der Waals surface area contributed by atoms with Gasteiger partial charge in [-0.15, -0.1) is 10.2 Å². The van der Waals surface area contributed by atoms with Gasteiger partial charge in [-0.2, -0.15) is 0 Å². The third-order valence-electron chi connectivity index (χ3n) is 11.5. The average molecular weight is 942 g/mol. The maximum atomic E-state index is 13.7. The summed E-state index contributed by atoms with van der Waals surface area (Å²) in [6, 6.07) is 34.5. The quantitative estimate of drug-likeness (QED) is 0.0979. The van der Waals surface area contributed by atoms with Crippen LogP contribution in [0.15, 0.2) is 156 Å². The standard InChI is InChI=1S/C25H22N6O3.C25H20N6O3.B.Na.H/c2*1-15(28-24(33)21-22(26)29-30-12-6-11-27-23(21)30)19-13-16-7-5-8-17(14-32)20(16)25(34)31(19)18-9-3-2-4-10-18;;;/h2-13,15,32H,14H2,1H3,(H2,26,29)(H,28,33);2-15H,1H3,(H2,26,29)(H,28,33);;;/q;;;+1;-1/t2*15-;;;/m00.../s1. The Morgan fingerprint density at radius 2 is 1.10 bits per heavy atom. The molecule has 0 bridgehead atoms. The smallest absolute Gasteiger partial charge is 1.00 e. The Balaban J connectivity index is 0.000000223. The normalized spacial score (nSPS) is 11.8. The van der Waals surface area contributed by atoms with Crippen LogP contribution in [-0.2, 0) is 6.61 Å². The number of para-hydroxylation sites is 2. The Morgan fingerprint density at radius 1 is 0.657 bits per heavy atom. The molecule has 10 rings (SSSR count). The first-order valence-corrected chi connectivity index (χ1v) is 21.3. The van der Waals surface area contributed by atoms with Gasteiger partial charge in [0.1, 0.15) is 11.1 Å². The minimum absolute atomic E-state index is 0. The maximum Gasteiger partial charge on any atom is 1.00 e. The molecule has 2 amide bonds. The van der Waals surface area contributed by atoms with Gasteiger partial charge in [0.15, 0.2) is 29.2 Å². The zero-order chi connectivity index (χ0) is 47.6. The number of hydrogen-bond acceptors (Lipinski definition) is 12. The number of aliphatic hydroxyl groups excluding tert-OH is 1. The molecule has 0 aliphatic heterocycles. The van der Waals surface area contributed by atoms with Gasteiger partial charge in [0.25, 0.3) is 22.9 Å². The third-order valence-corrected chi connectivity index (χ3v) is 11.5. The number of aromatic nitrogens is 8. The monoisotopic (exact) mass is 941 g/mol. The first kappa shape index (κ1) is 49.7. The number of carbonyl (C=O) groups excluding carboxylic acids is 3. The van der Waals surface area contributed by atoms with Crippen molar-refractivity contribution in [3.63, 3.8) is 0 Å². The Kier molecular flexibility index (Phi) is 14.9. The van der Waals surface area contributed by atoms with Gasteiger partial charge in [-0.05, 0) is 78.7 Å². The van der Waals surface area contributed by atoms with Crippen molar-refractivity contribution in [3.05, 3.63) is 200 Å². The number of aldehydes is 1. The van der Waals surface area contributed by atoms with Gasteiger partial charge in [0.05, 0.1) is 29.5 Å². The molecule has 10 aromatic rings. The largest absolute Gasteiger partial charge is 1.00 e. The number of anilines is 2. The van der Waals surface area contributed by atoms with Crippen LogP contribution in [0.3, 0.4) is 0 Å². The van der Waals surface area contributed by atoms with E-state index in [2.05, 4.69) is 30.8 Å². The van der Waals surface area contributed by atoms with Crippen molar-refractivity contribution in [1.29, 1.82) is 0 Å². The van der Waals surface area contributed by atoms with Crippen LogP contribution < -0.4 is 62.8 Å². The van der Waals surface area contributed by atoms with E-state index in [9.17, 15) is 29.1 Å². The molecular formula is C50H43BN12NaO6. The molecule has 7 N–H and O–H groups in total. The molecule has 0 unspecified atom stereocenters. The van der Waals surface area contributed by atoms with Crippen LogP contribution in [0.2, 0.25) is 0 Å². The van der Waals surface area contributed by atoms with Crippen molar-refractivity contribution in [2.24, 2.45) is 0 Å². The number of hydrogen-bond donors (Lipinski definition) is 5. The fraction of sp³-hybridized carbons (Fsp3) is 0.100. The van der Waals surface area contributed by atoms with Gasteiger partial charge < -0.3 is 28.6 Å². The number of fused-ring (bicyclic) bond motifs is 4. The summed E-state index contributed by atoms with van der Waals surface area (Å²) in [5.41, 5.74) is 15.6. The van der Waals surface area contributed by atoms with Crippen LogP contribution in [0.4, 0.5) is 11.6 Å². The molecule has 2 atom stereocenters.